The first kappa shape index (κ1) is 16.2. The Kier molecular flexibility index (Phi) is 3.59. The molecular weight excluding hydrogens is 328 g/mol. The molecular formula is C21H24N2O3. The molecule has 5 fully saturated rings. The molecule has 4 bridgehead atoms. The van der Waals surface area contributed by atoms with Crippen molar-refractivity contribution in [2.45, 2.75) is 43.9 Å². The number of piperidine rings is 3. The monoisotopic (exact) mass is 352 g/mol. The van der Waals surface area contributed by atoms with E-state index in [-0.39, 0.29) is 17.7 Å². The lowest BCUT2D eigenvalue weighted by Gasteiger charge is -2.64. The summed E-state index contributed by atoms with van der Waals surface area (Å²) in [7, 11) is 1.41. The molecule has 0 spiro atoms. The predicted octanol–water partition coefficient (Wildman–Crippen LogP) is 3.34. The first-order valence-corrected chi connectivity index (χ1v) is 9.54. The lowest BCUT2D eigenvalue weighted by Crippen LogP contribution is -2.70. The molecule has 5 aliphatic heterocycles. The molecule has 0 amide bonds. The number of benzene rings is 1. The fraction of sp³-hybridized carbons (Fsp3) is 0.524. The number of ether oxygens (including phenoxy) is 2. The van der Waals surface area contributed by atoms with Crippen LogP contribution in [0.2, 0.25) is 0 Å². The van der Waals surface area contributed by atoms with Gasteiger partial charge in [-0.2, -0.15) is 0 Å². The fourth-order valence-corrected chi connectivity index (χ4v) is 5.39. The van der Waals surface area contributed by atoms with Gasteiger partial charge in [0.05, 0.1) is 29.9 Å². The third-order valence-electron chi connectivity index (χ3n) is 6.79. The Morgan fingerprint density at radius 3 is 3.04 bits per heavy atom. The molecule has 1 unspecified atom stereocenters. The maximum absolute atomic E-state index is 12.0. The molecule has 0 aliphatic carbocycles. The van der Waals surface area contributed by atoms with Gasteiger partial charge >= 0.3 is 5.97 Å². The van der Waals surface area contributed by atoms with Gasteiger partial charge in [-0.3, -0.25) is 9.88 Å². The van der Waals surface area contributed by atoms with Gasteiger partial charge in [0.1, 0.15) is 0 Å². The van der Waals surface area contributed by atoms with Gasteiger partial charge in [0.15, 0.2) is 0 Å². The van der Waals surface area contributed by atoms with Gasteiger partial charge in [0.25, 0.3) is 0 Å². The summed E-state index contributed by atoms with van der Waals surface area (Å²) in [5.74, 6) is 0.359. The molecule has 5 nitrogen and oxygen atoms in total. The maximum atomic E-state index is 12.0. The van der Waals surface area contributed by atoms with Crippen molar-refractivity contribution in [1.82, 2.24) is 9.88 Å². The minimum absolute atomic E-state index is 0.0206. The van der Waals surface area contributed by atoms with Crippen molar-refractivity contribution in [3.63, 3.8) is 0 Å². The van der Waals surface area contributed by atoms with Crippen LogP contribution in [0.15, 0.2) is 30.5 Å². The SMILES string of the molecule is CC[C@]12CN3CC[C@H]1C[C@@H]3[C@H](c1ccnc3ccc(C(=O)OC)cc13)O2. The van der Waals surface area contributed by atoms with Crippen LogP contribution >= 0.6 is 0 Å². The molecule has 1 aromatic carbocycles. The first-order valence-electron chi connectivity index (χ1n) is 9.54. The zero-order chi connectivity index (χ0) is 17.9. The molecule has 5 atom stereocenters. The lowest BCUT2D eigenvalue weighted by molar-refractivity contribution is -0.274. The molecule has 5 saturated heterocycles. The van der Waals surface area contributed by atoms with Crippen molar-refractivity contribution in [1.29, 1.82) is 0 Å². The van der Waals surface area contributed by atoms with Gasteiger partial charge in [-0.25, -0.2) is 4.79 Å². The van der Waals surface area contributed by atoms with Crippen LogP contribution < -0.4 is 0 Å². The van der Waals surface area contributed by atoms with E-state index in [1.54, 1.807) is 6.07 Å². The van der Waals surface area contributed by atoms with E-state index in [1.807, 2.05) is 18.3 Å². The van der Waals surface area contributed by atoms with Crippen LogP contribution in [0.4, 0.5) is 0 Å². The third kappa shape index (κ3) is 2.17. The Labute approximate surface area is 153 Å². The molecule has 7 rings (SSSR count). The highest BCUT2D eigenvalue weighted by molar-refractivity contribution is 5.95. The van der Waals surface area contributed by atoms with Crippen LogP contribution in [-0.4, -0.2) is 47.7 Å². The zero-order valence-corrected chi connectivity index (χ0v) is 15.3. The fourth-order valence-electron chi connectivity index (χ4n) is 5.39. The molecule has 5 aliphatic rings. The van der Waals surface area contributed by atoms with Crippen LogP contribution in [0.3, 0.4) is 0 Å². The minimum Gasteiger partial charge on any atom is -0.465 e. The van der Waals surface area contributed by atoms with E-state index in [1.165, 1.54) is 26.5 Å². The second kappa shape index (κ2) is 5.76. The largest absolute Gasteiger partial charge is 0.465 e. The average molecular weight is 352 g/mol. The summed E-state index contributed by atoms with van der Waals surface area (Å²) < 4.78 is 11.7. The number of methoxy groups -OCH3 is 1. The highest BCUT2D eigenvalue weighted by Crippen LogP contribution is 2.54. The predicted molar refractivity (Wildman–Crippen MR) is 98.0 cm³/mol. The van der Waals surface area contributed by atoms with Gasteiger partial charge in [0.2, 0.25) is 0 Å². The normalized spacial score (nSPS) is 35.0. The number of morpholine rings is 1. The van der Waals surface area contributed by atoms with Gasteiger partial charge in [-0.1, -0.05) is 6.92 Å². The van der Waals surface area contributed by atoms with E-state index in [9.17, 15) is 4.79 Å². The molecule has 6 heterocycles. The van der Waals surface area contributed by atoms with Crippen LogP contribution in [0.1, 0.15) is 48.2 Å². The number of hydrogen-bond donors (Lipinski definition) is 0. The average Bonchev–Trinajstić information content (AvgIpc) is 2.72. The molecule has 5 heteroatoms. The van der Waals surface area contributed by atoms with Crippen molar-refractivity contribution in [2.75, 3.05) is 20.2 Å². The van der Waals surface area contributed by atoms with Gasteiger partial charge < -0.3 is 9.47 Å². The van der Waals surface area contributed by atoms with Crippen molar-refractivity contribution < 1.29 is 14.3 Å². The standard InChI is InChI=1S/C21H24N2O3/c1-3-21-12-23-9-7-14(21)11-18(23)19(26-21)15-6-8-22-17-5-4-13(10-16(15)17)20(24)25-2/h4-6,8,10,14,18-19H,3,7,9,11-12H2,1-2H3/t14-,18+,19-,21-/m0/s1. The minimum atomic E-state index is -0.319. The highest BCUT2D eigenvalue weighted by Gasteiger charge is 2.58. The van der Waals surface area contributed by atoms with Crippen LogP contribution in [0.25, 0.3) is 10.9 Å². The number of fused-ring (bicyclic) bond motifs is 3. The third-order valence-corrected chi connectivity index (χ3v) is 6.79. The van der Waals surface area contributed by atoms with Crippen LogP contribution in [0, 0.1) is 5.92 Å². The molecule has 0 radical (unpaired) electrons. The lowest BCUT2D eigenvalue weighted by atomic mass is 9.66. The number of rotatable bonds is 3. The van der Waals surface area contributed by atoms with E-state index in [0.717, 1.165) is 29.4 Å². The smallest absolute Gasteiger partial charge is 0.337 e. The Morgan fingerprint density at radius 2 is 2.31 bits per heavy atom. The Hall–Kier alpha value is -1.98. The summed E-state index contributed by atoms with van der Waals surface area (Å²) in [4.78, 5) is 19.1. The molecule has 2 aromatic rings. The number of pyridine rings is 1. The number of nitrogens with zero attached hydrogens (tertiary/aromatic N) is 2. The van der Waals surface area contributed by atoms with E-state index in [4.69, 9.17) is 9.47 Å². The van der Waals surface area contributed by atoms with Crippen molar-refractivity contribution >= 4 is 16.9 Å². The molecule has 1 aromatic heterocycles. The van der Waals surface area contributed by atoms with E-state index < -0.39 is 0 Å². The molecule has 136 valence electrons. The second-order valence-electron chi connectivity index (χ2n) is 7.84. The van der Waals surface area contributed by atoms with E-state index in [2.05, 4.69) is 22.9 Å². The van der Waals surface area contributed by atoms with Crippen molar-refractivity contribution in [3.8, 4) is 0 Å². The number of carbonyl (C=O) groups excluding carboxylic acids is 1. The van der Waals surface area contributed by atoms with Gasteiger partial charge in [0, 0.05) is 24.2 Å². The van der Waals surface area contributed by atoms with Crippen LogP contribution in [-0.2, 0) is 9.47 Å². The summed E-state index contributed by atoms with van der Waals surface area (Å²) in [6.07, 6.45) is 5.40. The summed E-state index contributed by atoms with van der Waals surface area (Å²) in [5, 5.41) is 0.997. The Bertz CT molecular complexity index is 883. The summed E-state index contributed by atoms with van der Waals surface area (Å²) >= 11 is 0. The van der Waals surface area contributed by atoms with E-state index >= 15 is 0 Å². The van der Waals surface area contributed by atoms with Crippen molar-refractivity contribution in [2.24, 2.45) is 5.92 Å². The molecule has 0 N–H and O–H groups in total. The second-order valence-corrected chi connectivity index (χ2v) is 7.84. The molecule has 26 heavy (non-hydrogen) atoms. The van der Waals surface area contributed by atoms with Gasteiger partial charge in [-0.15, -0.1) is 0 Å². The quantitative estimate of drug-likeness (QED) is 0.793. The topological polar surface area (TPSA) is 51.7 Å². The zero-order valence-electron chi connectivity index (χ0n) is 15.3. The van der Waals surface area contributed by atoms with Crippen LogP contribution in [0.5, 0.6) is 0 Å². The highest BCUT2D eigenvalue weighted by atomic mass is 16.5. The number of aromatic nitrogens is 1. The summed E-state index contributed by atoms with van der Waals surface area (Å²) in [6.45, 7) is 4.48. The maximum Gasteiger partial charge on any atom is 0.337 e. The number of esters is 1. The van der Waals surface area contributed by atoms with Gasteiger partial charge in [-0.05, 0) is 61.6 Å². The number of carbonyl (C=O) groups is 1. The van der Waals surface area contributed by atoms with Crippen molar-refractivity contribution in [3.05, 3.63) is 41.6 Å². The summed E-state index contributed by atoms with van der Waals surface area (Å²) in [6, 6.07) is 8.06. The molecule has 0 saturated carbocycles. The van der Waals surface area contributed by atoms with E-state index in [0.29, 0.717) is 17.5 Å². The Balaban J connectivity index is 1.62. The number of hydrogen-bond acceptors (Lipinski definition) is 5. The Morgan fingerprint density at radius 1 is 1.42 bits per heavy atom. The summed E-state index contributed by atoms with van der Waals surface area (Å²) in [5.41, 5.74) is 2.58. The first-order chi connectivity index (χ1) is 12.6.